The maximum Gasteiger partial charge on any atom is 0.325 e. The molecule has 0 radical (unpaired) electrons. The number of hydrogen-bond donors (Lipinski definition) is 2. The highest BCUT2D eigenvalue weighted by Gasteiger charge is 2.40. The Morgan fingerprint density at radius 3 is 1.61 bits per heavy atom. The van der Waals surface area contributed by atoms with E-state index in [0.29, 0.717) is 0 Å². The van der Waals surface area contributed by atoms with E-state index in [1.54, 1.807) is 6.07 Å². The Balaban J connectivity index is 2.16. The number of esters is 1. The van der Waals surface area contributed by atoms with Crippen LogP contribution < -0.4 is 9.44 Å². The van der Waals surface area contributed by atoms with Crippen molar-refractivity contribution in [3.8, 4) is 0 Å². The Labute approximate surface area is 216 Å². The van der Waals surface area contributed by atoms with Gasteiger partial charge in [-0.2, -0.15) is 4.72 Å². The number of carbonyl (C=O) groups excluding carboxylic acids is 1. The Hall–Kier alpha value is -4.25. The van der Waals surface area contributed by atoms with E-state index in [1.165, 1.54) is 48.5 Å². The van der Waals surface area contributed by atoms with Crippen LogP contribution in [-0.2, 0) is 29.6 Å². The summed E-state index contributed by atoms with van der Waals surface area (Å²) in [4.78, 5) is 32.3. The van der Waals surface area contributed by atoms with Gasteiger partial charge in [-0.3, -0.25) is 25.0 Å². The summed E-state index contributed by atoms with van der Waals surface area (Å²) in [7, 11) is -8.65. The summed E-state index contributed by atoms with van der Waals surface area (Å²) in [5.74, 6) is -1.24. The average Bonchev–Trinajstić information content (AvgIpc) is 2.90. The van der Waals surface area contributed by atoms with Crippen molar-refractivity contribution in [2.45, 2.75) is 21.9 Å². The van der Waals surface area contributed by atoms with E-state index in [1.807, 2.05) is 4.72 Å². The second kappa shape index (κ2) is 11.4. The topological polar surface area (TPSA) is 205 Å². The van der Waals surface area contributed by atoms with Crippen LogP contribution >= 0.6 is 0 Å². The van der Waals surface area contributed by atoms with Gasteiger partial charge in [0, 0.05) is 12.1 Å². The number of ether oxygens (including phenoxy) is 1. The molecule has 0 aromatic heterocycles. The van der Waals surface area contributed by atoms with Crippen molar-refractivity contribution in [1.29, 1.82) is 0 Å². The molecular formula is C22H20N4O10S2. The van der Waals surface area contributed by atoms with Gasteiger partial charge < -0.3 is 4.74 Å². The number of nitrogens with one attached hydrogen (secondary N) is 2. The van der Waals surface area contributed by atoms with Crippen LogP contribution in [0.4, 0.5) is 11.4 Å². The molecule has 0 unspecified atom stereocenters. The van der Waals surface area contributed by atoms with Crippen LogP contribution in [0.1, 0.15) is 11.6 Å². The minimum absolute atomic E-state index is 0.0790. The summed E-state index contributed by atoms with van der Waals surface area (Å²) < 4.78 is 61.9. The normalized spacial score (nSPS) is 13.3. The van der Waals surface area contributed by atoms with Gasteiger partial charge in [0.05, 0.1) is 23.0 Å². The summed E-state index contributed by atoms with van der Waals surface area (Å²) in [5, 5.41) is 22.8. The van der Waals surface area contributed by atoms with Crippen LogP contribution in [0, 0.1) is 20.2 Å². The molecule has 3 aromatic carbocycles. The molecule has 0 aliphatic carbocycles. The number of nitro groups is 2. The van der Waals surface area contributed by atoms with Crippen LogP contribution in [0.5, 0.6) is 0 Å². The first kappa shape index (κ1) is 28.3. The second-order valence-corrected chi connectivity index (χ2v) is 10.9. The molecule has 2 atom stereocenters. The van der Waals surface area contributed by atoms with Crippen molar-refractivity contribution in [3.05, 3.63) is 105 Å². The van der Waals surface area contributed by atoms with E-state index in [2.05, 4.69) is 4.72 Å². The Morgan fingerprint density at radius 1 is 0.737 bits per heavy atom. The summed E-state index contributed by atoms with van der Waals surface area (Å²) >= 11 is 0. The first-order valence-corrected chi connectivity index (χ1v) is 13.5. The molecule has 0 heterocycles. The SMILES string of the molecule is COC(=O)[C@H](NS(=O)(=O)c1ccccc1[N+](=O)[O-])[C@H](NS(=O)(=O)c1ccccc1[N+](=O)[O-])c1ccccc1. The Bertz CT molecular complexity index is 1580. The van der Waals surface area contributed by atoms with Crippen LogP contribution in [0.15, 0.2) is 88.7 Å². The molecule has 3 aromatic rings. The molecule has 0 fully saturated rings. The first-order chi connectivity index (χ1) is 17.9. The van der Waals surface area contributed by atoms with Crippen molar-refractivity contribution in [3.63, 3.8) is 0 Å². The predicted molar refractivity (Wildman–Crippen MR) is 132 cm³/mol. The standard InChI is InChI=1S/C22H20N4O10S2/c1-36-22(27)21(24-38(34,35)19-14-8-6-12-17(19)26(30)31)20(15-9-3-2-4-10-15)23-37(32,33)18-13-7-5-11-16(18)25(28)29/h2-14,20-21,23-24H,1H3/t20-,21-/m1/s1. The van der Waals surface area contributed by atoms with Gasteiger partial charge in [-0.05, 0) is 17.7 Å². The number of sulfonamides is 2. The van der Waals surface area contributed by atoms with Crippen LogP contribution in [0.3, 0.4) is 0 Å². The molecule has 0 aliphatic rings. The minimum atomic E-state index is -4.82. The molecule has 0 aliphatic heterocycles. The summed E-state index contributed by atoms with van der Waals surface area (Å²) in [5.41, 5.74) is -1.47. The van der Waals surface area contributed by atoms with Crippen molar-refractivity contribution in [1.82, 2.24) is 9.44 Å². The average molecular weight is 565 g/mol. The monoisotopic (exact) mass is 564 g/mol. The first-order valence-electron chi connectivity index (χ1n) is 10.5. The van der Waals surface area contributed by atoms with Gasteiger partial charge in [-0.15, -0.1) is 0 Å². The third-order valence-electron chi connectivity index (χ3n) is 5.21. The lowest BCUT2D eigenvalue weighted by Crippen LogP contribution is -2.51. The number of carbonyl (C=O) groups is 1. The van der Waals surface area contributed by atoms with Gasteiger partial charge in [0.1, 0.15) is 6.04 Å². The van der Waals surface area contributed by atoms with Gasteiger partial charge in [0.25, 0.3) is 11.4 Å². The van der Waals surface area contributed by atoms with E-state index in [-0.39, 0.29) is 5.56 Å². The maximum absolute atomic E-state index is 13.3. The molecule has 16 heteroatoms. The Morgan fingerprint density at radius 2 is 1.16 bits per heavy atom. The number of nitro benzene ring substituents is 2. The Kier molecular flexibility index (Phi) is 8.52. The van der Waals surface area contributed by atoms with Crippen molar-refractivity contribution in [2.75, 3.05) is 7.11 Å². The number of para-hydroxylation sites is 2. The lowest BCUT2D eigenvalue weighted by Gasteiger charge is -2.27. The second-order valence-electron chi connectivity index (χ2n) is 7.58. The minimum Gasteiger partial charge on any atom is -0.468 e. The zero-order valence-electron chi connectivity index (χ0n) is 19.5. The van der Waals surface area contributed by atoms with Crippen molar-refractivity contribution >= 4 is 37.4 Å². The van der Waals surface area contributed by atoms with Gasteiger partial charge >= 0.3 is 5.97 Å². The highest BCUT2D eigenvalue weighted by molar-refractivity contribution is 7.90. The molecular weight excluding hydrogens is 544 g/mol. The number of nitrogens with zero attached hydrogens (tertiary/aromatic N) is 2. The third kappa shape index (κ3) is 6.17. The molecule has 0 saturated carbocycles. The molecule has 200 valence electrons. The molecule has 14 nitrogen and oxygen atoms in total. The fourth-order valence-electron chi connectivity index (χ4n) is 3.50. The molecule has 0 bridgehead atoms. The molecule has 38 heavy (non-hydrogen) atoms. The third-order valence-corrected chi connectivity index (χ3v) is 8.19. The van der Waals surface area contributed by atoms with E-state index in [9.17, 15) is 41.9 Å². The molecule has 0 spiro atoms. The van der Waals surface area contributed by atoms with E-state index < -0.39 is 69.1 Å². The summed E-state index contributed by atoms with van der Waals surface area (Å²) in [6.07, 6.45) is 0. The number of benzene rings is 3. The van der Waals surface area contributed by atoms with E-state index in [4.69, 9.17) is 4.74 Å². The lowest BCUT2D eigenvalue weighted by atomic mass is 10.0. The van der Waals surface area contributed by atoms with Gasteiger partial charge in [-0.25, -0.2) is 21.6 Å². The van der Waals surface area contributed by atoms with E-state index in [0.717, 1.165) is 31.4 Å². The highest BCUT2D eigenvalue weighted by atomic mass is 32.2. The zero-order chi connectivity index (χ0) is 28.1. The number of hydrogen-bond acceptors (Lipinski definition) is 10. The largest absolute Gasteiger partial charge is 0.468 e. The van der Waals surface area contributed by atoms with Gasteiger partial charge in [-0.1, -0.05) is 54.6 Å². The van der Waals surface area contributed by atoms with E-state index >= 15 is 0 Å². The zero-order valence-corrected chi connectivity index (χ0v) is 21.1. The number of methoxy groups -OCH3 is 1. The number of rotatable bonds is 11. The van der Waals surface area contributed by atoms with Gasteiger partial charge in [0.15, 0.2) is 9.79 Å². The summed E-state index contributed by atoms with van der Waals surface area (Å²) in [6.45, 7) is 0. The fourth-order valence-corrected chi connectivity index (χ4v) is 6.28. The molecule has 2 N–H and O–H groups in total. The van der Waals surface area contributed by atoms with Gasteiger partial charge in [0.2, 0.25) is 20.0 Å². The fraction of sp³-hybridized carbons (Fsp3) is 0.136. The van der Waals surface area contributed by atoms with Crippen molar-refractivity contribution < 1.29 is 36.2 Å². The summed E-state index contributed by atoms with van der Waals surface area (Å²) in [6, 6.07) is 12.3. The predicted octanol–water partition coefficient (Wildman–Crippen LogP) is 2.04. The molecule has 0 saturated heterocycles. The van der Waals surface area contributed by atoms with Crippen LogP contribution in [-0.4, -0.2) is 45.8 Å². The van der Waals surface area contributed by atoms with Crippen LogP contribution in [0.2, 0.25) is 0 Å². The molecule has 3 rings (SSSR count). The maximum atomic E-state index is 13.3. The highest BCUT2D eigenvalue weighted by Crippen LogP contribution is 2.29. The van der Waals surface area contributed by atoms with Crippen molar-refractivity contribution in [2.24, 2.45) is 0 Å². The quantitative estimate of drug-likeness (QED) is 0.197. The van der Waals surface area contributed by atoms with Crippen LogP contribution in [0.25, 0.3) is 0 Å². The molecule has 0 amide bonds. The lowest BCUT2D eigenvalue weighted by molar-refractivity contribution is -0.388. The smallest absolute Gasteiger partial charge is 0.325 e.